The van der Waals surface area contributed by atoms with E-state index in [0.717, 1.165) is 12.5 Å². The molecule has 0 aliphatic heterocycles. The van der Waals surface area contributed by atoms with Gasteiger partial charge in [-0.15, -0.1) is 0 Å². The summed E-state index contributed by atoms with van der Waals surface area (Å²) in [5.74, 6) is 0.852. The van der Waals surface area contributed by atoms with Gasteiger partial charge in [-0.25, -0.2) is 0 Å². The zero-order chi connectivity index (χ0) is 7.23. The predicted molar refractivity (Wildman–Crippen MR) is 43.1 cm³/mol. The number of ether oxygens (including phenoxy) is 1. The summed E-state index contributed by atoms with van der Waals surface area (Å²) >= 11 is 0. The molecule has 0 saturated heterocycles. The van der Waals surface area contributed by atoms with E-state index < -0.39 is 0 Å². The lowest BCUT2D eigenvalue weighted by atomic mass is 9.90. The summed E-state index contributed by atoms with van der Waals surface area (Å²) in [6.45, 7) is 0.962. The van der Waals surface area contributed by atoms with Gasteiger partial charge in [-0.3, -0.25) is 0 Å². The van der Waals surface area contributed by atoms with Crippen LogP contribution < -0.4 is 0 Å². The van der Waals surface area contributed by atoms with Crippen molar-refractivity contribution in [3.8, 4) is 0 Å². The van der Waals surface area contributed by atoms with E-state index in [-0.39, 0.29) is 0 Å². The van der Waals surface area contributed by atoms with Gasteiger partial charge in [0.1, 0.15) is 0 Å². The lowest BCUT2D eigenvalue weighted by Gasteiger charge is -2.20. The van der Waals surface area contributed by atoms with Crippen molar-refractivity contribution in [1.29, 1.82) is 0 Å². The smallest absolute Gasteiger partial charge is 0.0609 e. The van der Waals surface area contributed by atoms with E-state index >= 15 is 0 Å². The third-order valence-electron chi connectivity index (χ3n) is 2.18. The molecule has 10 heavy (non-hydrogen) atoms. The molecular weight excluding hydrogens is 140 g/mol. The standard InChI is InChI=1S/C8H15OSi/c10-7-9-6-8-4-2-1-3-5-8/h8H,1-7H2. The second kappa shape index (κ2) is 4.91. The highest BCUT2D eigenvalue weighted by Crippen LogP contribution is 2.23. The molecule has 0 heterocycles. The van der Waals surface area contributed by atoms with Gasteiger partial charge in [0.05, 0.1) is 10.2 Å². The monoisotopic (exact) mass is 155 g/mol. The Balaban J connectivity index is 2.02. The highest BCUT2D eigenvalue weighted by atomic mass is 28.1. The van der Waals surface area contributed by atoms with Crippen LogP contribution in [0.5, 0.6) is 0 Å². The van der Waals surface area contributed by atoms with Crippen LogP contribution >= 0.6 is 0 Å². The Morgan fingerprint density at radius 2 is 1.90 bits per heavy atom. The van der Waals surface area contributed by atoms with Gasteiger partial charge in [-0.05, 0) is 18.8 Å². The van der Waals surface area contributed by atoms with Crippen LogP contribution in [0.3, 0.4) is 0 Å². The third-order valence-corrected chi connectivity index (χ3v) is 2.38. The molecule has 0 N–H and O–H groups in total. The van der Waals surface area contributed by atoms with Crippen molar-refractivity contribution >= 4 is 10.2 Å². The van der Waals surface area contributed by atoms with Gasteiger partial charge < -0.3 is 4.74 Å². The Labute approximate surface area is 66.6 Å². The van der Waals surface area contributed by atoms with Gasteiger partial charge >= 0.3 is 0 Å². The van der Waals surface area contributed by atoms with Gasteiger partial charge in [0.2, 0.25) is 0 Å². The lowest BCUT2D eigenvalue weighted by Crippen LogP contribution is -2.13. The average molecular weight is 155 g/mol. The fraction of sp³-hybridized carbons (Fsp3) is 1.00. The van der Waals surface area contributed by atoms with E-state index in [2.05, 4.69) is 10.2 Å². The van der Waals surface area contributed by atoms with E-state index in [9.17, 15) is 0 Å². The second-order valence-corrected chi connectivity index (χ2v) is 3.31. The molecule has 2 heteroatoms. The number of hydrogen-bond acceptors (Lipinski definition) is 1. The fourth-order valence-corrected chi connectivity index (χ4v) is 1.70. The maximum atomic E-state index is 5.29. The molecule has 0 aromatic carbocycles. The molecule has 3 radical (unpaired) electrons. The van der Waals surface area contributed by atoms with Crippen LogP contribution in [-0.4, -0.2) is 23.1 Å². The largest absolute Gasteiger partial charge is 0.385 e. The average Bonchev–Trinajstić information content (AvgIpc) is 2.03. The Morgan fingerprint density at radius 1 is 1.20 bits per heavy atom. The van der Waals surface area contributed by atoms with Crippen LogP contribution in [0, 0.1) is 5.92 Å². The van der Waals surface area contributed by atoms with Gasteiger partial charge in [-0.1, -0.05) is 19.3 Å². The molecule has 1 fully saturated rings. The summed E-state index contributed by atoms with van der Waals surface area (Å²) in [6.07, 6.45) is 7.71. The van der Waals surface area contributed by atoms with Crippen molar-refractivity contribution < 1.29 is 4.74 Å². The van der Waals surface area contributed by atoms with Crippen molar-refractivity contribution in [2.75, 3.05) is 12.8 Å². The minimum absolute atomic E-state index is 0.691. The van der Waals surface area contributed by atoms with Crippen molar-refractivity contribution in [3.63, 3.8) is 0 Å². The Bertz CT molecular complexity index is 79.3. The molecule has 1 rings (SSSR count). The van der Waals surface area contributed by atoms with Crippen LogP contribution in [0.2, 0.25) is 0 Å². The minimum atomic E-state index is 0.691. The first kappa shape index (κ1) is 8.28. The first-order valence-corrected chi connectivity index (χ1v) is 4.86. The van der Waals surface area contributed by atoms with Crippen LogP contribution in [0.1, 0.15) is 32.1 Å². The first-order chi connectivity index (χ1) is 4.93. The summed E-state index contributed by atoms with van der Waals surface area (Å²) in [6, 6.07) is 0. The lowest BCUT2D eigenvalue weighted by molar-refractivity contribution is 0.117. The van der Waals surface area contributed by atoms with E-state index in [1.807, 2.05) is 0 Å². The van der Waals surface area contributed by atoms with Gasteiger partial charge in [0, 0.05) is 12.8 Å². The highest BCUT2D eigenvalue weighted by Gasteiger charge is 2.12. The molecule has 0 spiro atoms. The Morgan fingerprint density at radius 3 is 2.50 bits per heavy atom. The van der Waals surface area contributed by atoms with Crippen LogP contribution in [0.15, 0.2) is 0 Å². The molecule has 57 valence electrons. The Kier molecular flexibility index (Phi) is 4.06. The molecule has 1 nitrogen and oxygen atoms in total. The molecule has 0 unspecified atom stereocenters. The summed E-state index contributed by atoms with van der Waals surface area (Å²) in [5.41, 5.74) is 0. The van der Waals surface area contributed by atoms with Gasteiger partial charge in [0.25, 0.3) is 0 Å². The molecule has 1 aliphatic carbocycles. The van der Waals surface area contributed by atoms with E-state index in [1.54, 1.807) is 0 Å². The Hall–Kier alpha value is 0.177. The molecule has 0 bridgehead atoms. The van der Waals surface area contributed by atoms with Crippen molar-refractivity contribution in [3.05, 3.63) is 0 Å². The van der Waals surface area contributed by atoms with Gasteiger partial charge in [-0.2, -0.15) is 0 Å². The van der Waals surface area contributed by atoms with Crippen molar-refractivity contribution in [2.24, 2.45) is 5.92 Å². The SMILES string of the molecule is [Si]COCC1CCCCC1. The highest BCUT2D eigenvalue weighted by molar-refractivity contribution is 6.08. The van der Waals surface area contributed by atoms with Crippen LogP contribution in [0.25, 0.3) is 0 Å². The zero-order valence-electron chi connectivity index (χ0n) is 6.44. The molecular formula is C8H15OSi. The predicted octanol–water partition coefficient (Wildman–Crippen LogP) is 1.71. The van der Waals surface area contributed by atoms with E-state index in [0.29, 0.717) is 6.23 Å². The normalized spacial score (nSPS) is 21.3. The summed E-state index contributed by atoms with van der Waals surface area (Å²) in [7, 11) is 3.30. The maximum absolute atomic E-state index is 5.29. The topological polar surface area (TPSA) is 9.23 Å². The summed E-state index contributed by atoms with van der Waals surface area (Å²) in [5, 5.41) is 0. The van der Waals surface area contributed by atoms with Crippen molar-refractivity contribution in [2.45, 2.75) is 32.1 Å². The summed E-state index contributed by atoms with van der Waals surface area (Å²) < 4.78 is 5.29. The van der Waals surface area contributed by atoms with Crippen molar-refractivity contribution in [1.82, 2.24) is 0 Å². The minimum Gasteiger partial charge on any atom is -0.385 e. The number of rotatable bonds is 3. The second-order valence-electron chi connectivity index (χ2n) is 3.02. The van der Waals surface area contributed by atoms with Crippen LogP contribution in [0.4, 0.5) is 0 Å². The molecule has 0 amide bonds. The molecule has 1 saturated carbocycles. The molecule has 0 aromatic heterocycles. The first-order valence-electron chi connectivity index (χ1n) is 4.16. The van der Waals surface area contributed by atoms with Crippen LogP contribution in [-0.2, 0) is 4.74 Å². The fourth-order valence-electron chi connectivity index (χ4n) is 1.58. The maximum Gasteiger partial charge on any atom is 0.0609 e. The van der Waals surface area contributed by atoms with Gasteiger partial charge in [0.15, 0.2) is 0 Å². The third kappa shape index (κ3) is 2.84. The molecule has 0 atom stereocenters. The van der Waals surface area contributed by atoms with E-state index in [1.165, 1.54) is 32.1 Å². The van der Waals surface area contributed by atoms with E-state index in [4.69, 9.17) is 4.74 Å². The zero-order valence-corrected chi connectivity index (χ0v) is 7.44. The molecule has 0 aromatic rings. The number of hydrogen-bond donors (Lipinski definition) is 0. The summed E-state index contributed by atoms with van der Waals surface area (Å²) in [4.78, 5) is 0. The quantitative estimate of drug-likeness (QED) is 0.564. The molecule has 1 aliphatic rings.